The molecule has 0 radical (unpaired) electrons. The molecule has 0 saturated carbocycles. The average Bonchev–Trinajstić information content (AvgIpc) is 2.44. The van der Waals surface area contributed by atoms with Gasteiger partial charge in [0.15, 0.2) is 0 Å². The molecule has 0 bridgehead atoms. The van der Waals surface area contributed by atoms with E-state index in [-0.39, 0.29) is 5.91 Å². The summed E-state index contributed by atoms with van der Waals surface area (Å²) in [5.74, 6) is 0.00404. The summed E-state index contributed by atoms with van der Waals surface area (Å²) >= 11 is 0. The van der Waals surface area contributed by atoms with Crippen LogP contribution in [0.4, 0.5) is 5.69 Å². The number of aryl methyl sites for hydroxylation is 3. The summed E-state index contributed by atoms with van der Waals surface area (Å²) in [5.41, 5.74) is 4.81. The summed E-state index contributed by atoms with van der Waals surface area (Å²) in [6, 6.07) is 15.4. The molecule has 0 fully saturated rings. The van der Waals surface area contributed by atoms with Gasteiger partial charge in [0.05, 0.1) is 11.6 Å². The van der Waals surface area contributed by atoms with Crippen LogP contribution in [0.15, 0.2) is 42.5 Å². The van der Waals surface area contributed by atoms with Crippen molar-refractivity contribution < 1.29 is 4.79 Å². The van der Waals surface area contributed by atoms with Crippen LogP contribution in [0, 0.1) is 25.2 Å². The first-order valence-corrected chi connectivity index (χ1v) is 6.94. The quantitative estimate of drug-likeness (QED) is 0.926. The van der Waals surface area contributed by atoms with Crippen molar-refractivity contribution in [2.75, 3.05) is 5.32 Å². The topological polar surface area (TPSA) is 52.9 Å². The molecule has 2 aromatic carbocycles. The first-order valence-electron chi connectivity index (χ1n) is 6.94. The number of carbonyl (C=O) groups is 1. The minimum Gasteiger partial charge on any atom is -0.326 e. The lowest BCUT2D eigenvalue weighted by molar-refractivity contribution is -0.116. The standard InChI is InChI=1S/C18H18N2O/c1-13-9-14(2)11-17(10-13)20-18(21)8-7-15-3-5-16(12-19)6-4-15/h3-6,9-11H,7-8H2,1-2H3,(H,20,21). The van der Waals surface area contributed by atoms with Gasteiger partial charge in [0.25, 0.3) is 0 Å². The molecule has 0 unspecified atom stereocenters. The average molecular weight is 278 g/mol. The van der Waals surface area contributed by atoms with Gasteiger partial charge in [-0.3, -0.25) is 4.79 Å². The Kier molecular flexibility index (Phi) is 4.73. The van der Waals surface area contributed by atoms with Crippen molar-refractivity contribution >= 4 is 11.6 Å². The van der Waals surface area contributed by atoms with E-state index < -0.39 is 0 Å². The molecule has 0 heterocycles. The minimum atomic E-state index is 0.00404. The van der Waals surface area contributed by atoms with Crippen LogP contribution >= 0.6 is 0 Å². The number of benzene rings is 2. The molecule has 0 aromatic heterocycles. The zero-order chi connectivity index (χ0) is 15.2. The lowest BCUT2D eigenvalue weighted by Crippen LogP contribution is -2.12. The van der Waals surface area contributed by atoms with Crippen molar-refractivity contribution in [3.63, 3.8) is 0 Å². The Morgan fingerprint density at radius 2 is 1.71 bits per heavy atom. The van der Waals surface area contributed by atoms with E-state index in [0.717, 1.165) is 22.4 Å². The van der Waals surface area contributed by atoms with Crippen LogP contribution in [-0.4, -0.2) is 5.91 Å². The Labute approximate surface area is 125 Å². The molecular weight excluding hydrogens is 260 g/mol. The Balaban J connectivity index is 1.91. The van der Waals surface area contributed by atoms with Crippen molar-refractivity contribution in [1.82, 2.24) is 0 Å². The van der Waals surface area contributed by atoms with Gasteiger partial charge in [-0.15, -0.1) is 0 Å². The van der Waals surface area contributed by atoms with Gasteiger partial charge in [0.2, 0.25) is 5.91 Å². The van der Waals surface area contributed by atoms with E-state index >= 15 is 0 Å². The van der Waals surface area contributed by atoms with E-state index in [2.05, 4.69) is 17.5 Å². The predicted octanol–water partition coefficient (Wildman–Crippen LogP) is 3.75. The van der Waals surface area contributed by atoms with Crippen LogP contribution in [0.25, 0.3) is 0 Å². The molecule has 2 aromatic rings. The molecule has 0 aliphatic carbocycles. The largest absolute Gasteiger partial charge is 0.326 e. The summed E-state index contributed by atoms with van der Waals surface area (Å²) in [6.45, 7) is 4.03. The monoisotopic (exact) mass is 278 g/mol. The molecule has 1 N–H and O–H groups in total. The maximum Gasteiger partial charge on any atom is 0.224 e. The highest BCUT2D eigenvalue weighted by Gasteiger charge is 2.04. The maximum atomic E-state index is 12.0. The van der Waals surface area contributed by atoms with Gasteiger partial charge in [-0.1, -0.05) is 18.2 Å². The highest BCUT2D eigenvalue weighted by Crippen LogP contribution is 2.14. The van der Waals surface area contributed by atoms with E-state index in [0.29, 0.717) is 18.4 Å². The van der Waals surface area contributed by atoms with Gasteiger partial charge in [0.1, 0.15) is 0 Å². The zero-order valence-corrected chi connectivity index (χ0v) is 12.3. The third-order valence-corrected chi connectivity index (χ3v) is 3.23. The van der Waals surface area contributed by atoms with Crippen LogP contribution in [0.5, 0.6) is 0 Å². The number of amides is 1. The number of nitrogens with zero attached hydrogens (tertiary/aromatic N) is 1. The van der Waals surface area contributed by atoms with Gasteiger partial charge >= 0.3 is 0 Å². The first kappa shape index (κ1) is 14.8. The highest BCUT2D eigenvalue weighted by atomic mass is 16.1. The molecule has 0 spiro atoms. The van der Waals surface area contributed by atoms with Gasteiger partial charge in [-0.05, 0) is 61.2 Å². The summed E-state index contributed by atoms with van der Waals surface area (Å²) in [5, 5.41) is 11.7. The number of nitrogens with one attached hydrogen (secondary N) is 1. The second kappa shape index (κ2) is 6.71. The lowest BCUT2D eigenvalue weighted by atomic mass is 10.1. The third-order valence-electron chi connectivity index (χ3n) is 3.23. The fraction of sp³-hybridized carbons (Fsp3) is 0.222. The lowest BCUT2D eigenvalue weighted by Gasteiger charge is -2.07. The number of hydrogen-bond donors (Lipinski definition) is 1. The molecule has 0 saturated heterocycles. The molecule has 0 aliphatic heterocycles. The number of carbonyl (C=O) groups excluding carboxylic acids is 1. The van der Waals surface area contributed by atoms with Crippen LogP contribution in [0.3, 0.4) is 0 Å². The van der Waals surface area contributed by atoms with Crippen LogP contribution in [0.2, 0.25) is 0 Å². The zero-order valence-electron chi connectivity index (χ0n) is 12.3. The Morgan fingerprint density at radius 3 is 2.29 bits per heavy atom. The predicted molar refractivity (Wildman–Crippen MR) is 84.0 cm³/mol. The summed E-state index contributed by atoms with van der Waals surface area (Å²) in [7, 11) is 0. The molecular formula is C18H18N2O. The molecule has 3 nitrogen and oxygen atoms in total. The molecule has 1 amide bonds. The van der Waals surface area contributed by atoms with Crippen molar-refractivity contribution in [2.45, 2.75) is 26.7 Å². The van der Waals surface area contributed by atoms with Crippen molar-refractivity contribution in [3.8, 4) is 6.07 Å². The van der Waals surface area contributed by atoms with Crippen LogP contribution < -0.4 is 5.32 Å². The summed E-state index contributed by atoms with van der Waals surface area (Å²) < 4.78 is 0. The normalized spacial score (nSPS) is 9.95. The van der Waals surface area contributed by atoms with E-state index in [4.69, 9.17) is 5.26 Å². The SMILES string of the molecule is Cc1cc(C)cc(NC(=O)CCc2ccc(C#N)cc2)c1. The van der Waals surface area contributed by atoms with Crippen LogP contribution in [-0.2, 0) is 11.2 Å². The molecule has 21 heavy (non-hydrogen) atoms. The number of rotatable bonds is 4. The molecule has 0 atom stereocenters. The van der Waals surface area contributed by atoms with Gasteiger partial charge < -0.3 is 5.32 Å². The Bertz CT molecular complexity index is 661. The highest BCUT2D eigenvalue weighted by molar-refractivity contribution is 5.91. The van der Waals surface area contributed by atoms with Crippen molar-refractivity contribution in [1.29, 1.82) is 5.26 Å². The fourth-order valence-electron chi connectivity index (χ4n) is 2.27. The molecule has 2 rings (SSSR count). The molecule has 3 heteroatoms. The Hall–Kier alpha value is -2.60. The molecule has 0 aliphatic rings. The minimum absolute atomic E-state index is 0.00404. The van der Waals surface area contributed by atoms with Gasteiger partial charge in [-0.2, -0.15) is 5.26 Å². The van der Waals surface area contributed by atoms with Gasteiger partial charge in [-0.25, -0.2) is 0 Å². The fourth-order valence-corrected chi connectivity index (χ4v) is 2.27. The Morgan fingerprint density at radius 1 is 1.10 bits per heavy atom. The maximum absolute atomic E-state index is 12.0. The summed E-state index contributed by atoms with van der Waals surface area (Å²) in [6.07, 6.45) is 1.10. The van der Waals surface area contributed by atoms with Gasteiger partial charge in [0, 0.05) is 12.1 Å². The smallest absolute Gasteiger partial charge is 0.224 e. The van der Waals surface area contributed by atoms with Crippen LogP contribution in [0.1, 0.15) is 28.7 Å². The van der Waals surface area contributed by atoms with E-state index in [1.165, 1.54) is 0 Å². The third kappa shape index (κ3) is 4.47. The van der Waals surface area contributed by atoms with Crippen molar-refractivity contribution in [3.05, 3.63) is 64.7 Å². The molecule has 106 valence electrons. The number of anilines is 1. The van der Waals surface area contributed by atoms with Crippen molar-refractivity contribution in [2.24, 2.45) is 0 Å². The van der Waals surface area contributed by atoms with E-state index in [1.807, 2.05) is 38.1 Å². The second-order valence-electron chi connectivity index (χ2n) is 5.23. The van der Waals surface area contributed by atoms with E-state index in [1.54, 1.807) is 12.1 Å². The number of hydrogen-bond acceptors (Lipinski definition) is 2. The van der Waals surface area contributed by atoms with E-state index in [9.17, 15) is 4.79 Å². The number of nitriles is 1. The second-order valence-corrected chi connectivity index (χ2v) is 5.23. The summed E-state index contributed by atoms with van der Waals surface area (Å²) in [4.78, 5) is 12.0. The first-order chi connectivity index (χ1) is 10.1.